The molecule has 0 aliphatic rings. The summed E-state index contributed by atoms with van der Waals surface area (Å²) >= 11 is 0. The van der Waals surface area contributed by atoms with Crippen LogP contribution in [-0.4, -0.2) is 26.6 Å². The monoisotopic (exact) mass is 225 g/mol. The Balaban J connectivity index is 2.33. The van der Waals surface area contributed by atoms with Crippen molar-refractivity contribution in [3.8, 4) is 11.4 Å². The van der Waals surface area contributed by atoms with Gasteiger partial charge in [0.15, 0.2) is 5.82 Å². The summed E-state index contributed by atoms with van der Waals surface area (Å²) in [4.78, 5) is 0. The summed E-state index contributed by atoms with van der Waals surface area (Å²) in [6.07, 6.45) is -2.49. The van der Waals surface area contributed by atoms with Crippen molar-refractivity contribution in [1.29, 1.82) is 0 Å². The molecule has 5 nitrogen and oxygen atoms in total. The van der Waals surface area contributed by atoms with Gasteiger partial charge in [-0.05, 0) is 34.7 Å². The summed E-state index contributed by atoms with van der Waals surface area (Å²) in [6.45, 7) is -0.521. The molecule has 0 fully saturated rings. The van der Waals surface area contributed by atoms with Crippen molar-refractivity contribution in [3.63, 3.8) is 0 Å². The zero-order chi connectivity index (χ0) is 11.5. The van der Waals surface area contributed by atoms with E-state index in [0.717, 1.165) is 4.68 Å². The first-order valence-electron chi connectivity index (χ1n) is 4.57. The average molecular weight is 225 g/mol. The van der Waals surface area contributed by atoms with Gasteiger partial charge in [0, 0.05) is 11.3 Å². The smallest absolute Gasteiger partial charge is 0.258 e. The Morgan fingerprint density at radius 2 is 1.94 bits per heavy atom. The third kappa shape index (κ3) is 2.13. The molecule has 7 heteroatoms. The van der Waals surface area contributed by atoms with Crippen LogP contribution in [0.3, 0.4) is 0 Å². The number of hydrogen-bond donors (Lipinski definition) is 1. The van der Waals surface area contributed by atoms with Gasteiger partial charge >= 0.3 is 0 Å². The summed E-state index contributed by atoms with van der Waals surface area (Å²) in [7, 11) is 0. The highest BCUT2D eigenvalue weighted by atomic mass is 19.3. The fourth-order valence-corrected chi connectivity index (χ4v) is 1.30. The highest BCUT2D eigenvalue weighted by Crippen LogP contribution is 2.17. The summed E-state index contributed by atoms with van der Waals surface area (Å²) in [5, 5.41) is 10.6. The van der Waals surface area contributed by atoms with Crippen molar-refractivity contribution in [2.24, 2.45) is 0 Å². The maximum absolute atomic E-state index is 12.2. The second-order valence-electron chi connectivity index (χ2n) is 3.20. The van der Waals surface area contributed by atoms with Crippen LogP contribution in [0.15, 0.2) is 24.3 Å². The molecule has 0 atom stereocenters. The Morgan fingerprint density at radius 3 is 2.56 bits per heavy atom. The van der Waals surface area contributed by atoms with Crippen molar-refractivity contribution >= 4 is 5.69 Å². The third-order valence-electron chi connectivity index (χ3n) is 2.01. The minimum absolute atomic E-state index is 0.306. The summed E-state index contributed by atoms with van der Waals surface area (Å²) in [6, 6.07) is 6.69. The molecular formula is C9H9F2N5. The maximum atomic E-state index is 12.2. The van der Waals surface area contributed by atoms with Gasteiger partial charge in [-0.1, -0.05) is 0 Å². The normalized spacial score (nSPS) is 10.9. The molecule has 0 aliphatic heterocycles. The summed E-state index contributed by atoms with van der Waals surface area (Å²) in [5.74, 6) is 0.306. The van der Waals surface area contributed by atoms with Crippen LogP contribution in [0.4, 0.5) is 14.5 Å². The molecule has 1 aromatic heterocycles. The minimum Gasteiger partial charge on any atom is -0.399 e. The summed E-state index contributed by atoms with van der Waals surface area (Å²) in [5.41, 5.74) is 6.77. The highest BCUT2D eigenvalue weighted by Gasteiger charge is 2.12. The van der Waals surface area contributed by atoms with Crippen LogP contribution in [0.5, 0.6) is 0 Å². The number of rotatable bonds is 3. The molecule has 1 heterocycles. The highest BCUT2D eigenvalue weighted by molar-refractivity contribution is 5.58. The van der Waals surface area contributed by atoms with E-state index in [2.05, 4.69) is 15.5 Å². The number of halogens is 2. The van der Waals surface area contributed by atoms with Crippen LogP contribution in [0, 0.1) is 0 Å². The molecule has 2 aromatic rings. The predicted octanol–water partition coefficient (Wildman–Crippen LogP) is 1.19. The van der Waals surface area contributed by atoms with Gasteiger partial charge in [-0.15, -0.1) is 5.10 Å². The van der Waals surface area contributed by atoms with E-state index in [1.165, 1.54) is 0 Å². The molecule has 0 bridgehead atoms. The summed E-state index contributed by atoms with van der Waals surface area (Å²) < 4.78 is 25.5. The van der Waals surface area contributed by atoms with E-state index in [0.29, 0.717) is 17.1 Å². The van der Waals surface area contributed by atoms with Crippen molar-refractivity contribution in [2.45, 2.75) is 13.0 Å². The third-order valence-corrected chi connectivity index (χ3v) is 2.01. The molecule has 0 radical (unpaired) electrons. The quantitative estimate of drug-likeness (QED) is 0.796. The van der Waals surface area contributed by atoms with Crippen LogP contribution < -0.4 is 5.73 Å². The Labute approximate surface area is 89.9 Å². The van der Waals surface area contributed by atoms with Crippen LogP contribution in [0.25, 0.3) is 11.4 Å². The predicted molar refractivity (Wildman–Crippen MR) is 53.7 cm³/mol. The standard InChI is InChI=1S/C9H9F2N5/c10-8(11)5-16-9(13-14-15-16)6-1-3-7(12)4-2-6/h1-4,8H,5,12H2. The first-order chi connectivity index (χ1) is 7.66. The molecule has 0 saturated carbocycles. The lowest BCUT2D eigenvalue weighted by molar-refractivity contribution is 0.121. The maximum Gasteiger partial charge on any atom is 0.258 e. The molecule has 0 saturated heterocycles. The molecule has 84 valence electrons. The number of nitrogen functional groups attached to an aromatic ring is 1. The van der Waals surface area contributed by atoms with Gasteiger partial charge in [0.1, 0.15) is 6.54 Å². The Bertz CT molecular complexity index is 465. The van der Waals surface area contributed by atoms with Gasteiger partial charge in [-0.3, -0.25) is 0 Å². The van der Waals surface area contributed by atoms with E-state index in [-0.39, 0.29) is 0 Å². The van der Waals surface area contributed by atoms with Crippen LogP contribution in [-0.2, 0) is 6.54 Å². The molecule has 0 unspecified atom stereocenters. The number of anilines is 1. The number of hydrogen-bond acceptors (Lipinski definition) is 4. The molecule has 2 N–H and O–H groups in total. The lowest BCUT2D eigenvalue weighted by Gasteiger charge is -2.03. The Morgan fingerprint density at radius 1 is 1.25 bits per heavy atom. The minimum atomic E-state index is -2.49. The molecule has 1 aromatic carbocycles. The van der Waals surface area contributed by atoms with E-state index < -0.39 is 13.0 Å². The van der Waals surface area contributed by atoms with Crippen molar-refractivity contribution in [2.75, 3.05) is 5.73 Å². The van der Waals surface area contributed by atoms with Crippen molar-refractivity contribution in [3.05, 3.63) is 24.3 Å². The van der Waals surface area contributed by atoms with Crippen LogP contribution >= 0.6 is 0 Å². The Kier molecular flexibility index (Phi) is 2.76. The lowest BCUT2D eigenvalue weighted by Crippen LogP contribution is -2.09. The van der Waals surface area contributed by atoms with E-state index in [4.69, 9.17) is 5.73 Å². The number of alkyl halides is 2. The number of nitrogens with two attached hydrogens (primary N) is 1. The van der Waals surface area contributed by atoms with Gasteiger partial charge in [-0.2, -0.15) is 0 Å². The SMILES string of the molecule is Nc1ccc(-c2nnnn2CC(F)F)cc1. The van der Waals surface area contributed by atoms with E-state index in [9.17, 15) is 8.78 Å². The van der Waals surface area contributed by atoms with Crippen molar-refractivity contribution in [1.82, 2.24) is 20.2 Å². The second-order valence-corrected chi connectivity index (χ2v) is 3.20. The van der Waals surface area contributed by atoms with Gasteiger partial charge in [-0.25, -0.2) is 13.5 Å². The first kappa shape index (κ1) is 10.5. The van der Waals surface area contributed by atoms with Gasteiger partial charge in [0.25, 0.3) is 6.43 Å². The molecular weight excluding hydrogens is 216 g/mol. The number of nitrogens with zero attached hydrogens (tertiary/aromatic N) is 4. The number of benzene rings is 1. The lowest BCUT2D eigenvalue weighted by atomic mass is 10.2. The van der Waals surface area contributed by atoms with Gasteiger partial charge in [0.05, 0.1) is 0 Å². The molecule has 0 spiro atoms. The average Bonchev–Trinajstić information content (AvgIpc) is 2.66. The number of tetrazole rings is 1. The topological polar surface area (TPSA) is 69.6 Å². The molecule has 0 amide bonds. The molecule has 16 heavy (non-hydrogen) atoms. The van der Waals surface area contributed by atoms with Crippen molar-refractivity contribution < 1.29 is 8.78 Å². The zero-order valence-corrected chi connectivity index (χ0v) is 8.22. The fraction of sp³-hybridized carbons (Fsp3) is 0.222. The largest absolute Gasteiger partial charge is 0.399 e. The van der Waals surface area contributed by atoms with E-state index >= 15 is 0 Å². The van der Waals surface area contributed by atoms with Gasteiger partial charge < -0.3 is 5.73 Å². The Hall–Kier alpha value is -2.05. The van der Waals surface area contributed by atoms with E-state index in [1.807, 2.05) is 0 Å². The van der Waals surface area contributed by atoms with Crippen LogP contribution in [0.1, 0.15) is 0 Å². The van der Waals surface area contributed by atoms with E-state index in [1.54, 1.807) is 24.3 Å². The molecule has 0 aliphatic carbocycles. The zero-order valence-electron chi connectivity index (χ0n) is 8.22. The fourth-order valence-electron chi connectivity index (χ4n) is 1.30. The van der Waals surface area contributed by atoms with Crippen LogP contribution in [0.2, 0.25) is 0 Å². The second kappa shape index (κ2) is 4.21. The number of aromatic nitrogens is 4. The van der Waals surface area contributed by atoms with Gasteiger partial charge in [0.2, 0.25) is 0 Å². The molecule has 2 rings (SSSR count). The first-order valence-corrected chi connectivity index (χ1v) is 4.57.